The van der Waals surface area contributed by atoms with Gasteiger partial charge >= 0.3 is 5.97 Å². The first-order valence-corrected chi connectivity index (χ1v) is 12.6. The molecule has 0 spiro atoms. The molecule has 5 aromatic rings. The van der Waals surface area contributed by atoms with Crippen molar-refractivity contribution in [2.24, 2.45) is 0 Å². The van der Waals surface area contributed by atoms with E-state index in [-0.39, 0.29) is 5.97 Å². The fourth-order valence-corrected chi connectivity index (χ4v) is 5.11. The largest absolute Gasteiger partial charge is 0.377 e. The summed E-state index contributed by atoms with van der Waals surface area (Å²) in [7, 11) is 0. The van der Waals surface area contributed by atoms with Gasteiger partial charge in [-0.3, -0.25) is 0 Å². The van der Waals surface area contributed by atoms with E-state index < -0.39 is 6.15 Å². The SMILES string of the molecule is CC(=O)O[n+]1ccc(C)cc1C.c1ccc([B-](c2ccccc2)(c2ccccc2)c2ccccc2)cc1. The van der Waals surface area contributed by atoms with Crippen LogP contribution >= 0.6 is 0 Å². The highest BCUT2D eigenvalue weighted by Gasteiger charge is 2.31. The molecule has 0 unspecified atom stereocenters. The Morgan fingerprint density at radius 2 is 0.946 bits per heavy atom. The second-order valence-electron chi connectivity index (χ2n) is 9.26. The van der Waals surface area contributed by atoms with Crippen molar-refractivity contribution in [3.05, 3.63) is 151 Å². The molecule has 0 saturated carbocycles. The number of aryl methyl sites for hydroxylation is 2. The van der Waals surface area contributed by atoms with Crippen LogP contribution in [-0.2, 0) is 4.79 Å². The van der Waals surface area contributed by atoms with Crippen LogP contribution in [-0.4, -0.2) is 12.1 Å². The minimum atomic E-state index is -1.22. The molecule has 0 atom stereocenters. The molecule has 0 aliphatic rings. The standard InChI is InChI=1S/C24H20B.C9H12NO2/c1-5-13-21(14-6-1)25(22-15-7-2-8-16-22,23-17-9-3-10-18-23)24-19-11-4-12-20-24;1-7-4-5-10(8(2)6-7)12-9(3)11/h1-20H;4-6H,1-3H3/q-1;+1. The summed E-state index contributed by atoms with van der Waals surface area (Å²) in [5.41, 5.74) is 7.41. The monoisotopic (exact) mass is 485 g/mol. The molecular formula is C33H32BNO2. The van der Waals surface area contributed by atoms with Gasteiger partial charge in [-0.1, -0.05) is 121 Å². The zero-order valence-corrected chi connectivity index (χ0v) is 21.6. The van der Waals surface area contributed by atoms with Crippen molar-refractivity contribution in [3.63, 3.8) is 0 Å². The van der Waals surface area contributed by atoms with Gasteiger partial charge in [0.05, 0.1) is 0 Å². The molecule has 5 rings (SSSR count). The maximum Gasteiger partial charge on any atom is 0.377 e. The predicted molar refractivity (Wildman–Crippen MR) is 153 cm³/mol. The van der Waals surface area contributed by atoms with Crippen molar-refractivity contribution in [1.82, 2.24) is 0 Å². The quantitative estimate of drug-likeness (QED) is 0.281. The number of pyridine rings is 1. The number of benzene rings is 4. The van der Waals surface area contributed by atoms with Gasteiger partial charge in [0.25, 0.3) is 0 Å². The summed E-state index contributed by atoms with van der Waals surface area (Å²) in [6.07, 6.45) is 0.513. The fourth-order valence-electron chi connectivity index (χ4n) is 5.11. The number of rotatable bonds is 5. The van der Waals surface area contributed by atoms with Crippen LogP contribution in [0.3, 0.4) is 0 Å². The summed E-state index contributed by atoms with van der Waals surface area (Å²) in [6, 6.07) is 47.4. The first-order chi connectivity index (χ1) is 18.0. The van der Waals surface area contributed by atoms with Gasteiger partial charge < -0.3 is 0 Å². The number of carbonyl (C=O) groups excluding carboxylic acids is 1. The molecular weight excluding hydrogens is 453 g/mol. The van der Waals surface area contributed by atoms with E-state index in [1.807, 2.05) is 26.0 Å². The lowest BCUT2D eigenvalue weighted by molar-refractivity contribution is -0.873. The Morgan fingerprint density at radius 3 is 1.24 bits per heavy atom. The lowest BCUT2D eigenvalue weighted by Crippen LogP contribution is -2.74. The van der Waals surface area contributed by atoms with Gasteiger partial charge in [0.1, 0.15) is 6.15 Å². The Kier molecular flexibility index (Phi) is 8.32. The van der Waals surface area contributed by atoms with Crippen LogP contribution in [0.4, 0.5) is 0 Å². The topological polar surface area (TPSA) is 30.2 Å². The summed E-state index contributed by atoms with van der Waals surface area (Å²) in [4.78, 5) is 15.5. The first-order valence-electron chi connectivity index (χ1n) is 12.6. The van der Waals surface area contributed by atoms with Crippen LogP contribution in [0, 0.1) is 13.8 Å². The molecule has 0 radical (unpaired) electrons. The molecule has 0 aliphatic carbocycles. The van der Waals surface area contributed by atoms with Gasteiger partial charge in [0.15, 0.2) is 0 Å². The second-order valence-corrected chi connectivity index (χ2v) is 9.26. The Balaban J connectivity index is 0.000000225. The van der Waals surface area contributed by atoms with E-state index in [4.69, 9.17) is 4.84 Å². The lowest BCUT2D eigenvalue weighted by atomic mass is 9.13. The van der Waals surface area contributed by atoms with Gasteiger partial charge in [-0.25, -0.2) is 4.79 Å². The van der Waals surface area contributed by atoms with Crippen molar-refractivity contribution in [3.8, 4) is 0 Å². The highest BCUT2D eigenvalue weighted by atomic mass is 16.7. The minimum absolute atomic E-state index is 0.313. The summed E-state index contributed by atoms with van der Waals surface area (Å²) in [6.45, 7) is 5.26. The number of carbonyl (C=O) groups is 1. The molecule has 0 saturated heterocycles. The summed E-state index contributed by atoms with van der Waals surface area (Å²) in [5.74, 6) is -0.313. The minimum Gasteiger partial charge on any atom is -0.245 e. The smallest absolute Gasteiger partial charge is 0.245 e. The van der Waals surface area contributed by atoms with E-state index >= 15 is 0 Å². The summed E-state index contributed by atoms with van der Waals surface area (Å²) in [5, 5.41) is 0. The van der Waals surface area contributed by atoms with Crippen molar-refractivity contribution < 1.29 is 14.4 Å². The van der Waals surface area contributed by atoms with Crippen molar-refractivity contribution in [2.75, 3.05) is 0 Å². The lowest BCUT2D eigenvalue weighted by Gasteiger charge is -2.44. The van der Waals surface area contributed by atoms with Crippen molar-refractivity contribution in [2.45, 2.75) is 20.8 Å². The highest BCUT2D eigenvalue weighted by molar-refractivity contribution is 7.19. The fraction of sp³-hybridized carbons (Fsp3) is 0.0909. The van der Waals surface area contributed by atoms with Crippen molar-refractivity contribution in [1.29, 1.82) is 0 Å². The predicted octanol–water partition coefficient (Wildman–Crippen LogP) is 3.63. The first kappa shape index (κ1) is 25.7. The van der Waals surface area contributed by atoms with E-state index in [1.54, 1.807) is 6.20 Å². The van der Waals surface area contributed by atoms with Crippen LogP contribution in [0.25, 0.3) is 0 Å². The van der Waals surface area contributed by atoms with E-state index in [2.05, 4.69) is 121 Å². The number of hydrogen-bond acceptors (Lipinski definition) is 2. The maximum atomic E-state index is 10.6. The van der Waals surface area contributed by atoms with Crippen LogP contribution in [0.2, 0.25) is 0 Å². The normalized spacial score (nSPS) is 10.7. The zero-order valence-electron chi connectivity index (χ0n) is 21.6. The average molecular weight is 485 g/mol. The Morgan fingerprint density at radius 1 is 0.595 bits per heavy atom. The highest BCUT2D eigenvalue weighted by Crippen LogP contribution is 2.09. The molecule has 4 heteroatoms. The average Bonchev–Trinajstić information content (AvgIpc) is 2.93. The Labute approximate surface area is 219 Å². The van der Waals surface area contributed by atoms with Gasteiger partial charge in [-0.15, -0.1) is 0 Å². The van der Waals surface area contributed by atoms with Gasteiger partial charge in [0, 0.05) is 30.7 Å². The van der Waals surface area contributed by atoms with E-state index in [1.165, 1.54) is 33.5 Å². The van der Waals surface area contributed by atoms with Crippen LogP contribution in [0.1, 0.15) is 18.2 Å². The number of hydrogen-bond donors (Lipinski definition) is 0. The number of nitrogens with zero attached hydrogens (tertiary/aromatic N) is 1. The molecule has 0 amide bonds. The van der Waals surface area contributed by atoms with Crippen molar-refractivity contribution >= 4 is 34.0 Å². The third-order valence-electron chi connectivity index (χ3n) is 6.68. The van der Waals surface area contributed by atoms with Gasteiger partial charge in [-0.2, -0.15) is 26.7 Å². The molecule has 0 N–H and O–H groups in total. The third-order valence-corrected chi connectivity index (χ3v) is 6.68. The van der Waals surface area contributed by atoms with E-state index in [9.17, 15) is 4.79 Å². The molecule has 1 heterocycles. The maximum absolute atomic E-state index is 10.6. The van der Waals surface area contributed by atoms with E-state index in [0.717, 1.165) is 11.3 Å². The Hall–Kier alpha value is -4.44. The van der Waals surface area contributed by atoms with Gasteiger partial charge in [-0.05, 0) is 12.5 Å². The molecule has 0 fully saturated rings. The van der Waals surface area contributed by atoms with E-state index in [0.29, 0.717) is 0 Å². The third kappa shape index (κ3) is 5.87. The number of aromatic nitrogens is 1. The van der Waals surface area contributed by atoms with Gasteiger partial charge in [0.2, 0.25) is 11.9 Å². The van der Waals surface area contributed by atoms with Crippen LogP contribution in [0.15, 0.2) is 140 Å². The second kappa shape index (κ2) is 12.0. The molecule has 1 aromatic heterocycles. The molecule has 184 valence electrons. The van der Waals surface area contributed by atoms with Crippen LogP contribution in [0.5, 0.6) is 0 Å². The summed E-state index contributed by atoms with van der Waals surface area (Å²) >= 11 is 0. The summed E-state index contributed by atoms with van der Waals surface area (Å²) < 4.78 is 1.45. The molecule has 3 nitrogen and oxygen atoms in total. The molecule has 4 aromatic carbocycles. The zero-order chi connectivity index (χ0) is 26.1. The molecule has 0 aliphatic heterocycles. The molecule has 37 heavy (non-hydrogen) atoms. The Bertz CT molecular complexity index is 1260. The van der Waals surface area contributed by atoms with Crippen LogP contribution < -0.4 is 31.4 Å². The molecule has 0 bridgehead atoms.